The van der Waals surface area contributed by atoms with Gasteiger partial charge in [0.05, 0.1) is 52.6 Å². The fourth-order valence-corrected chi connectivity index (χ4v) is 6.78. The average Bonchev–Trinajstić information content (AvgIpc) is 4.08. The first kappa shape index (κ1) is 37.5. The standard InChI is InChI=1S/C39H39FN12O6/c1-20(18-58-30-12-21(11-29(55-4)33(30)56-5)32(53)26-14-42-34(44-26)23-13-41-25-10-8-7-9-22(23)25)37(54)46-27-17-52(15-24(27)40)39-47-35(31-36(48-39)50(2)19-43-31)45-28-16-51(3)49-38(28)57-6/h7-14,16,19,24,27,41H,1,15,17-18H2,2-6H3,(H,42,44)(H,46,54)(H,45,47,48)/t24-,27-/m1/s1. The molecular formula is C39H39FN12O6. The molecule has 5 aromatic heterocycles. The van der Waals surface area contributed by atoms with Gasteiger partial charge in [-0.3, -0.25) is 14.3 Å². The number of fused-ring (bicyclic) bond motifs is 2. The van der Waals surface area contributed by atoms with Crippen molar-refractivity contribution < 1.29 is 32.9 Å². The molecule has 2 atom stereocenters. The SMILES string of the molecule is C=C(COc1cc(C(=O)c2cnc(-c3c[nH]c4ccccc34)[nH]2)cc(OC)c1OC)C(=O)N[C@@H]1CN(c2nc(Nc3cn(C)nc3OC)c3ncn(C)c3n2)C[C@H]1F. The van der Waals surface area contributed by atoms with Gasteiger partial charge in [0.1, 0.15) is 30.0 Å². The molecule has 1 aliphatic rings. The van der Waals surface area contributed by atoms with Gasteiger partial charge >= 0.3 is 0 Å². The maximum absolute atomic E-state index is 15.6. The average molecular weight is 791 g/mol. The molecule has 8 rings (SSSR count). The van der Waals surface area contributed by atoms with Gasteiger partial charge in [-0.1, -0.05) is 24.8 Å². The van der Waals surface area contributed by atoms with Crippen molar-refractivity contribution in [2.45, 2.75) is 12.2 Å². The lowest BCUT2D eigenvalue weighted by Crippen LogP contribution is -2.42. The van der Waals surface area contributed by atoms with Gasteiger partial charge in [-0.15, -0.1) is 5.10 Å². The van der Waals surface area contributed by atoms with Crippen molar-refractivity contribution in [3.05, 3.63) is 84.7 Å². The van der Waals surface area contributed by atoms with E-state index in [4.69, 9.17) is 18.9 Å². The zero-order valence-electron chi connectivity index (χ0n) is 32.2. The molecule has 298 valence electrons. The lowest BCUT2D eigenvalue weighted by Gasteiger charge is -2.19. The first-order chi connectivity index (χ1) is 28.0. The summed E-state index contributed by atoms with van der Waals surface area (Å²) in [7, 11) is 7.92. The monoisotopic (exact) mass is 790 g/mol. The second-order valence-corrected chi connectivity index (χ2v) is 13.6. The highest BCUT2D eigenvalue weighted by molar-refractivity contribution is 6.09. The number of hydrogen-bond donors (Lipinski definition) is 4. The molecule has 0 spiro atoms. The molecule has 1 amide bonds. The number of nitrogens with one attached hydrogen (secondary N) is 4. The van der Waals surface area contributed by atoms with E-state index in [1.54, 1.807) is 40.8 Å². The number of carbonyl (C=O) groups is 2. The first-order valence-corrected chi connectivity index (χ1v) is 18.0. The third kappa shape index (κ3) is 6.97. The summed E-state index contributed by atoms with van der Waals surface area (Å²) in [6.07, 6.45) is 5.17. The Morgan fingerprint density at radius 3 is 2.64 bits per heavy atom. The number of imidazole rings is 2. The highest BCUT2D eigenvalue weighted by atomic mass is 19.1. The molecule has 19 heteroatoms. The second-order valence-electron chi connectivity index (χ2n) is 13.6. The summed E-state index contributed by atoms with van der Waals surface area (Å²) in [5.41, 5.74) is 3.78. The summed E-state index contributed by atoms with van der Waals surface area (Å²) >= 11 is 0. The highest BCUT2D eigenvalue weighted by Gasteiger charge is 2.36. The molecule has 0 radical (unpaired) electrons. The summed E-state index contributed by atoms with van der Waals surface area (Å²) in [4.78, 5) is 53.3. The number of para-hydroxylation sites is 1. The van der Waals surface area contributed by atoms with Gasteiger partial charge in [0.25, 0.3) is 5.88 Å². The topological polar surface area (TPSA) is 204 Å². The van der Waals surface area contributed by atoms with Crippen LogP contribution in [0.5, 0.6) is 23.1 Å². The Hall–Kier alpha value is -7.44. The zero-order valence-corrected chi connectivity index (χ0v) is 32.2. The molecule has 18 nitrogen and oxygen atoms in total. The van der Waals surface area contributed by atoms with E-state index < -0.39 is 18.1 Å². The summed E-state index contributed by atoms with van der Waals surface area (Å²) < 4.78 is 41.3. The lowest BCUT2D eigenvalue weighted by atomic mass is 10.1. The summed E-state index contributed by atoms with van der Waals surface area (Å²) in [5.74, 6) is 1.04. The van der Waals surface area contributed by atoms with Crippen LogP contribution in [0.3, 0.4) is 0 Å². The minimum atomic E-state index is -1.45. The summed E-state index contributed by atoms with van der Waals surface area (Å²) in [6.45, 7) is 3.57. The Kier molecular flexibility index (Phi) is 9.85. The van der Waals surface area contributed by atoms with Gasteiger partial charge in [0.2, 0.25) is 23.4 Å². The predicted octanol–water partition coefficient (Wildman–Crippen LogP) is 4.25. The number of carbonyl (C=O) groups excluding carboxylic acids is 2. The normalized spacial score (nSPS) is 15.2. The molecule has 1 fully saturated rings. The van der Waals surface area contributed by atoms with Gasteiger partial charge < -0.3 is 49.0 Å². The minimum Gasteiger partial charge on any atom is -0.493 e. The van der Waals surface area contributed by atoms with Crippen LogP contribution in [-0.4, -0.2) is 109 Å². The van der Waals surface area contributed by atoms with Crippen molar-refractivity contribution in [1.82, 2.24) is 49.6 Å². The smallest absolute Gasteiger partial charge is 0.256 e. The van der Waals surface area contributed by atoms with Crippen molar-refractivity contribution in [2.75, 3.05) is 51.2 Å². The molecule has 0 saturated carbocycles. The number of nitrogens with zero attached hydrogens (tertiary/aromatic N) is 8. The second kappa shape index (κ2) is 15.2. The van der Waals surface area contributed by atoms with E-state index in [2.05, 4.69) is 52.2 Å². The number of aromatic nitrogens is 9. The minimum absolute atomic E-state index is 0.00444. The van der Waals surface area contributed by atoms with Crippen molar-refractivity contribution in [3.63, 3.8) is 0 Å². The number of aryl methyl sites for hydroxylation is 2. The van der Waals surface area contributed by atoms with E-state index in [1.165, 1.54) is 39.7 Å². The number of anilines is 3. The number of alkyl halides is 1. The largest absolute Gasteiger partial charge is 0.493 e. The quantitative estimate of drug-likeness (QED) is 0.0900. The third-order valence-corrected chi connectivity index (χ3v) is 9.73. The molecule has 2 aromatic carbocycles. The number of ketones is 1. The number of halogens is 1. The molecule has 0 aliphatic carbocycles. The summed E-state index contributed by atoms with van der Waals surface area (Å²) in [6, 6.07) is 9.88. The van der Waals surface area contributed by atoms with Gasteiger partial charge in [-0.25, -0.2) is 14.4 Å². The number of benzene rings is 2. The predicted molar refractivity (Wildman–Crippen MR) is 212 cm³/mol. The fourth-order valence-electron chi connectivity index (χ4n) is 6.78. The van der Waals surface area contributed by atoms with E-state index in [-0.39, 0.29) is 65.5 Å². The molecule has 58 heavy (non-hydrogen) atoms. The van der Waals surface area contributed by atoms with E-state index in [1.807, 2.05) is 30.5 Å². The number of rotatable bonds is 14. The Labute approximate surface area is 330 Å². The lowest BCUT2D eigenvalue weighted by molar-refractivity contribution is -0.118. The first-order valence-electron chi connectivity index (χ1n) is 18.0. The Morgan fingerprint density at radius 2 is 1.84 bits per heavy atom. The van der Waals surface area contributed by atoms with E-state index in [0.29, 0.717) is 34.4 Å². The van der Waals surface area contributed by atoms with E-state index in [0.717, 1.165) is 16.5 Å². The van der Waals surface area contributed by atoms with Gasteiger partial charge in [-0.2, -0.15) is 9.97 Å². The maximum atomic E-state index is 15.6. The van der Waals surface area contributed by atoms with Crippen molar-refractivity contribution in [2.24, 2.45) is 14.1 Å². The molecule has 1 aliphatic heterocycles. The third-order valence-electron chi connectivity index (χ3n) is 9.73. The van der Waals surface area contributed by atoms with Crippen LogP contribution in [0.2, 0.25) is 0 Å². The number of methoxy groups -OCH3 is 3. The van der Waals surface area contributed by atoms with Crippen LogP contribution in [0, 0.1) is 0 Å². The number of hydrogen-bond acceptors (Lipinski definition) is 13. The van der Waals surface area contributed by atoms with Gasteiger partial charge in [-0.05, 0) is 18.2 Å². The Morgan fingerprint density at radius 1 is 1.03 bits per heavy atom. The molecular weight excluding hydrogens is 752 g/mol. The number of aromatic amines is 2. The van der Waals surface area contributed by atoms with E-state index in [9.17, 15) is 9.59 Å². The maximum Gasteiger partial charge on any atom is 0.256 e. The highest BCUT2D eigenvalue weighted by Crippen LogP contribution is 2.39. The fraction of sp³-hybridized carbons (Fsp3) is 0.256. The Balaban J connectivity index is 0.947. The number of ether oxygens (including phenoxy) is 4. The van der Waals surface area contributed by atoms with Crippen LogP contribution in [0.25, 0.3) is 33.5 Å². The van der Waals surface area contributed by atoms with Crippen LogP contribution >= 0.6 is 0 Å². The molecule has 1 saturated heterocycles. The molecule has 4 N–H and O–H groups in total. The Bertz CT molecular complexity index is 2700. The van der Waals surface area contributed by atoms with Gasteiger partial charge in [0.15, 0.2) is 28.5 Å². The van der Waals surface area contributed by atoms with Crippen LogP contribution in [0.1, 0.15) is 16.1 Å². The van der Waals surface area contributed by atoms with Gasteiger partial charge in [0, 0.05) is 54.4 Å². The van der Waals surface area contributed by atoms with Crippen LogP contribution < -0.4 is 34.5 Å². The van der Waals surface area contributed by atoms with E-state index >= 15 is 4.39 Å². The van der Waals surface area contributed by atoms with Crippen molar-refractivity contribution in [1.29, 1.82) is 0 Å². The molecule has 6 heterocycles. The molecule has 0 unspecified atom stereocenters. The van der Waals surface area contributed by atoms with Crippen LogP contribution in [-0.2, 0) is 18.9 Å². The van der Waals surface area contributed by atoms with Crippen molar-refractivity contribution in [3.8, 4) is 34.5 Å². The van der Waals surface area contributed by atoms with Crippen LogP contribution in [0.4, 0.5) is 21.8 Å². The number of H-pyrrole nitrogens is 2. The van der Waals surface area contributed by atoms with Crippen LogP contribution in [0.15, 0.2) is 73.5 Å². The molecule has 7 aromatic rings. The van der Waals surface area contributed by atoms with Crippen molar-refractivity contribution >= 4 is 51.2 Å². The summed E-state index contributed by atoms with van der Waals surface area (Å²) in [5, 5.41) is 11.2. The number of amides is 1. The molecule has 0 bridgehead atoms. The zero-order chi connectivity index (χ0) is 40.7.